The lowest BCUT2D eigenvalue weighted by Crippen LogP contribution is -2.43. The van der Waals surface area contributed by atoms with Gasteiger partial charge in [-0.2, -0.15) is 0 Å². The summed E-state index contributed by atoms with van der Waals surface area (Å²) in [7, 11) is 0. The second-order valence-electron chi connectivity index (χ2n) is 7.70. The van der Waals surface area contributed by atoms with E-state index in [4.69, 9.17) is 9.47 Å². The van der Waals surface area contributed by atoms with Gasteiger partial charge in [0.2, 0.25) is 5.91 Å². The Labute approximate surface area is 167 Å². The van der Waals surface area contributed by atoms with Crippen molar-refractivity contribution in [1.82, 2.24) is 15.5 Å². The molecule has 8 nitrogen and oxygen atoms in total. The van der Waals surface area contributed by atoms with Crippen LogP contribution in [0.1, 0.15) is 33.1 Å². The summed E-state index contributed by atoms with van der Waals surface area (Å²) in [4.78, 5) is 16.9. The fourth-order valence-corrected chi connectivity index (χ4v) is 3.59. The van der Waals surface area contributed by atoms with Crippen LogP contribution in [-0.4, -0.2) is 74.8 Å². The van der Waals surface area contributed by atoms with Gasteiger partial charge in [-0.3, -0.25) is 4.79 Å². The summed E-state index contributed by atoms with van der Waals surface area (Å²) in [5.74, 6) is 1.87. The molecule has 28 heavy (non-hydrogen) atoms. The zero-order chi connectivity index (χ0) is 19.8. The van der Waals surface area contributed by atoms with E-state index in [2.05, 4.69) is 25.3 Å². The first-order chi connectivity index (χ1) is 13.6. The predicted molar refractivity (Wildman–Crippen MR) is 109 cm³/mol. The third-order valence-corrected chi connectivity index (χ3v) is 5.16. The van der Waals surface area contributed by atoms with Crippen molar-refractivity contribution in [1.29, 1.82) is 0 Å². The van der Waals surface area contributed by atoms with Gasteiger partial charge in [-0.1, -0.05) is 0 Å². The van der Waals surface area contributed by atoms with Crippen molar-refractivity contribution in [3.05, 3.63) is 12.1 Å². The lowest BCUT2D eigenvalue weighted by atomic mass is 9.97. The van der Waals surface area contributed by atoms with Crippen LogP contribution in [0.25, 0.3) is 0 Å². The molecule has 0 spiro atoms. The molecule has 1 aromatic heterocycles. The summed E-state index contributed by atoms with van der Waals surface area (Å²) in [5, 5.41) is 11.9. The lowest BCUT2D eigenvalue weighted by molar-refractivity contribution is -0.125. The van der Waals surface area contributed by atoms with Crippen LogP contribution in [0.4, 0.5) is 11.6 Å². The van der Waals surface area contributed by atoms with Crippen molar-refractivity contribution < 1.29 is 14.3 Å². The van der Waals surface area contributed by atoms with Gasteiger partial charge < -0.3 is 24.6 Å². The standard InChI is InChI=1S/C20H33N5O3/c1-16(2)28-12-4-8-21-20(26)17-5-3-9-25(15-17)19-7-6-18(22-23-19)24-10-13-27-14-11-24/h6-7,16-17H,3-5,8-15H2,1-2H3,(H,21,26). The summed E-state index contributed by atoms with van der Waals surface area (Å²) < 4.78 is 10.9. The van der Waals surface area contributed by atoms with Gasteiger partial charge in [0.15, 0.2) is 11.6 Å². The summed E-state index contributed by atoms with van der Waals surface area (Å²) >= 11 is 0. The molecule has 1 amide bonds. The van der Waals surface area contributed by atoms with E-state index in [9.17, 15) is 4.79 Å². The van der Waals surface area contributed by atoms with Crippen molar-refractivity contribution >= 4 is 17.5 Å². The third-order valence-electron chi connectivity index (χ3n) is 5.16. The average molecular weight is 392 g/mol. The minimum absolute atomic E-state index is 0.000451. The maximum Gasteiger partial charge on any atom is 0.224 e. The Morgan fingerprint density at radius 3 is 2.61 bits per heavy atom. The Morgan fingerprint density at radius 2 is 1.93 bits per heavy atom. The van der Waals surface area contributed by atoms with Gasteiger partial charge >= 0.3 is 0 Å². The van der Waals surface area contributed by atoms with E-state index in [-0.39, 0.29) is 17.9 Å². The monoisotopic (exact) mass is 391 g/mol. The van der Waals surface area contributed by atoms with Gasteiger partial charge in [0.1, 0.15) is 0 Å². The number of nitrogens with zero attached hydrogens (tertiary/aromatic N) is 4. The number of hydrogen-bond acceptors (Lipinski definition) is 7. The van der Waals surface area contributed by atoms with Gasteiger partial charge in [-0.15, -0.1) is 10.2 Å². The van der Waals surface area contributed by atoms with Crippen LogP contribution in [0, 0.1) is 5.92 Å². The average Bonchev–Trinajstić information content (AvgIpc) is 2.74. The van der Waals surface area contributed by atoms with Crippen LogP contribution in [-0.2, 0) is 14.3 Å². The van der Waals surface area contributed by atoms with Crippen LogP contribution < -0.4 is 15.1 Å². The highest BCUT2D eigenvalue weighted by Crippen LogP contribution is 2.23. The molecule has 2 saturated heterocycles. The number of anilines is 2. The van der Waals surface area contributed by atoms with Gasteiger partial charge in [0.05, 0.1) is 25.2 Å². The Hall–Kier alpha value is -1.93. The second-order valence-corrected chi connectivity index (χ2v) is 7.70. The summed E-state index contributed by atoms with van der Waals surface area (Å²) in [6, 6.07) is 4.04. The van der Waals surface area contributed by atoms with E-state index in [1.807, 2.05) is 26.0 Å². The van der Waals surface area contributed by atoms with Crippen LogP contribution >= 0.6 is 0 Å². The molecule has 8 heteroatoms. The SMILES string of the molecule is CC(C)OCCCNC(=O)C1CCCN(c2ccc(N3CCOCC3)nn2)C1. The number of piperidine rings is 1. The van der Waals surface area contributed by atoms with E-state index in [0.717, 1.165) is 63.7 Å². The lowest BCUT2D eigenvalue weighted by Gasteiger charge is -2.33. The number of aromatic nitrogens is 2. The molecule has 1 N–H and O–H groups in total. The largest absolute Gasteiger partial charge is 0.379 e. The highest BCUT2D eigenvalue weighted by molar-refractivity contribution is 5.79. The molecule has 3 rings (SSSR count). The number of morpholine rings is 1. The smallest absolute Gasteiger partial charge is 0.224 e. The number of amides is 1. The molecule has 1 aromatic rings. The van der Waals surface area contributed by atoms with Crippen molar-refractivity contribution in [2.24, 2.45) is 5.92 Å². The molecular formula is C20H33N5O3. The zero-order valence-corrected chi connectivity index (χ0v) is 17.1. The van der Waals surface area contributed by atoms with Crippen LogP contribution in [0.3, 0.4) is 0 Å². The molecule has 2 aliphatic heterocycles. The second kappa shape index (κ2) is 10.6. The maximum absolute atomic E-state index is 12.5. The number of carbonyl (C=O) groups excluding carboxylic acids is 1. The molecule has 1 unspecified atom stereocenters. The predicted octanol–water partition coefficient (Wildman–Crippen LogP) is 1.46. The number of nitrogens with one attached hydrogen (secondary N) is 1. The number of carbonyl (C=O) groups is 1. The van der Waals surface area contributed by atoms with Crippen LogP contribution in [0.15, 0.2) is 12.1 Å². The molecular weight excluding hydrogens is 358 g/mol. The van der Waals surface area contributed by atoms with E-state index in [0.29, 0.717) is 19.7 Å². The first-order valence-corrected chi connectivity index (χ1v) is 10.4. The van der Waals surface area contributed by atoms with Crippen molar-refractivity contribution in [2.75, 3.05) is 62.3 Å². The molecule has 1 atom stereocenters. The molecule has 0 bridgehead atoms. The van der Waals surface area contributed by atoms with E-state index < -0.39 is 0 Å². The van der Waals surface area contributed by atoms with Crippen molar-refractivity contribution in [3.63, 3.8) is 0 Å². The fraction of sp³-hybridized carbons (Fsp3) is 0.750. The first kappa shape index (κ1) is 20.8. The fourth-order valence-electron chi connectivity index (χ4n) is 3.59. The Kier molecular flexibility index (Phi) is 7.85. The quantitative estimate of drug-likeness (QED) is 0.672. The highest BCUT2D eigenvalue weighted by atomic mass is 16.5. The number of ether oxygens (including phenoxy) is 2. The number of hydrogen-bond donors (Lipinski definition) is 1. The van der Waals surface area contributed by atoms with E-state index in [1.165, 1.54) is 0 Å². The Balaban J connectivity index is 1.46. The number of rotatable bonds is 8. The molecule has 2 aliphatic rings. The Bertz CT molecular complexity index is 604. The minimum Gasteiger partial charge on any atom is -0.379 e. The van der Waals surface area contributed by atoms with E-state index >= 15 is 0 Å². The molecule has 156 valence electrons. The zero-order valence-electron chi connectivity index (χ0n) is 17.1. The molecule has 0 saturated carbocycles. The molecule has 2 fully saturated rings. The Morgan fingerprint density at radius 1 is 1.21 bits per heavy atom. The van der Waals surface area contributed by atoms with Crippen LogP contribution in [0.5, 0.6) is 0 Å². The van der Waals surface area contributed by atoms with Crippen molar-refractivity contribution in [2.45, 2.75) is 39.2 Å². The maximum atomic E-state index is 12.5. The van der Waals surface area contributed by atoms with E-state index in [1.54, 1.807) is 0 Å². The van der Waals surface area contributed by atoms with Crippen LogP contribution in [0.2, 0.25) is 0 Å². The van der Waals surface area contributed by atoms with Gasteiger partial charge in [0.25, 0.3) is 0 Å². The van der Waals surface area contributed by atoms with Crippen molar-refractivity contribution in [3.8, 4) is 0 Å². The van der Waals surface area contributed by atoms with Gasteiger partial charge in [0, 0.05) is 39.3 Å². The molecule has 3 heterocycles. The molecule has 0 aromatic carbocycles. The molecule has 0 aliphatic carbocycles. The molecule has 0 radical (unpaired) electrons. The third kappa shape index (κ3) is 6.04. The van der Waals surface area contributed by atoms with Gasteiger partial charge in [-0.25, -0.2) is 0 Å². The normalized spacial score (nSPS) is 20.5. The minimum atomic E-state index is 0.000451. The highest BCUT2D eigenvalue weighted by Gasteiger charge is 2.26. The summed E-state index contributed by atoms with van der Waals surface area (Å²) in [5.41, 5.74) is 0. The topological polar surface area (TPSA) is 79.8 Å². The first-order valence-electron chi connectivity index (χ1n) is 10.4. The summed E-state index contributed by atoms with van der Waals surface area (Å²) in [6.07, 6.45) is 2.98. The van der Waals surface area contributed by atoms with Gasteiger partial charge in [-0.05, 0) is 45.2 Å². The summed E-state index contributed by atoms with van der Waals surface area (Å²) in [6.45, 7) is 10.2.